The van der Waals surface area contributed by atoms with E-state index in [4.69, 9.17) is 9.47 Å². The van der Waals surface area contributed by atoms with Crippen molar-refractivity contribution in [1.29, 1.82) is 0 Å². The van der Waals surface area contributed by atoms with Crippen LogP contribution in [0.4, 0.5) is 5.00 Å². The standard InChI is InChI=1S/C23H31NO5S/c1-6-29-19(26)16-13(2)15(18(25)28-5)17(30-16)24-20(27)23-9-14-7-21(3,11-23)10-22(4,8-14)12-23/h14H,6-12H2,1-5H3,(H,24,27)/t14?,21-,22-,23?/m0/s1. The lowest BCUT2D eigenvalue weighted by molar-refractivity contribution is -0.165. The minimum atomic E-state index is -0.556. The molecule has 0 radical (unpaired) electrons. The summed E-state index contributed by atoms with van der Waals surface area (Å²) >= 11 is 1.10. The molecule has 2 atom stereocenters. The van der Waals surface area contributed by atoms with E-state index in [1.165, 1.54) is 26.4 Å². The van der Waals surface area contributed by atoms with Gasteiger partial charge in [-0.1, -0.05) is 13.8 Å². The predicted octanol–water partition coefficient (Wildman–Crippen LogP) is 4.95. The number of anilines is 1. The molecule has 0 unspecified atom stereocenters. The summed E-state index contributed by atoms with van der Waals surface area (Å²) in [6.07, 6.45) is 6.28. The van der Waals surface area contributed by atoms with Gasteiger partial charge in [-0.25, -0.2) is 9.59 Å². The molecule has 4 saturated carbocycles. The third-order valence-corrected chi connectivity index (χ3v) is 8.52. The van der Waals surface area contributed by atoms with Crippen LogP contribution in [0, 0.1) is 29.1 Å². The van der Waals surface area contributed by atoms with Crippen LogP contribution in [-0.2, 0) is 14.3 Å². The summed E-state index contributed by atoms with van der Waals surface area (Å²) in [5.74, 6) is -0.479. The van der Waals surface area contributed by atoms with Crippen LogP contribution in [0.1, 0.15) is 84.9 Å². The number of hydrogen-bond donors (Lipinski definition) is 1. The van der Waals surface area contributed by atoms with Crippen molar-refractivity contribution >= 4 is 34.2 Å². The van der Waals surface area contributed by atoms with Gasteiger partial charge >= 0.3 is 11.9 Å². The molecule has 4 bridgehead atoms. The van der Waals surface area contributed by atoms with Crippen molar-refractivity contribution in [3.63, 3.8) is 0 Å². The highest BCUT2D eigenvalue weighted by molar-refractivity contribution is 7.18. The third-order valence-electron chi connectivity index (χ3n) is 7.33. The van der Waals surface area contributed by atoms with E-state index in [2.05, 4.69) is 19.2 Å². The molecule has 4 fully saturated rings. The molecule has 6 nitrogen and oxygen atoms in total. The van der Waals surface area contributed by atoms with Gasteiger partial charge in [0.1, 0.15) is 9.88 Å². The summed E-state index contributed by atoms with van der Waals surface area (Å²) in [6, 6.07) is 0. The Bertz CT molecular complexity index is 901. The second-order valence-corrected chi connectivity index (χ2v) is 11.4. The van der Waals surface area contributed by atoms with E-state index in [-0.39, 0.29) is 28.9 Å². The Kier molecular flexibility index (Phi) is 5.03. The minimum absolute atomic E-state index is 0.0224. The highest BCUT2D eigenvalue weighted by atomic mass is 32.1. The number of methoxy groups -OCH3 is 1. The summed E-state index contributed by atoms with van der Waals surface area (Å²) < 4.78 is 10.1. The van der Waals surface area contributed by atoms with E-state index in [0.29, 0.717) is 21.4 Å². The zero-order chi connectivity index (χ0) is 21.9. The van der Waals surface area contributed by atoms with E-state index < -0.39 is 17.4 Å². The lowest BCUT2D eigenvalue weighted by Gasteiger charge is -2.64. The van der Waals surface area contributed by atoms with Gasteiger partial charge in [-0.15, -0.1) is 11.3 Å². The van der Waals surface area contributed by atoms with Crippen molar-refractivity contribution in [2.45, 2.75) is 66.2 Å². The maximum atomic E-state index is 13.7. The average Bonchev–Trinajstić information content (AvgIpc) is 2.94. The first-order valence-electron chi connectivity index (χ1n) is 10.7. The van der Waals surface area contributed by atoms with E-state index >= 15 is 0 Å². The fraction of sp³-hybridized carbons (Fsp3) is 0.696. The predicted molar refractivity (Wildman–Crippen MR) is 115 cm³/mol. The number of amides is 1. The van der Waals surface area contributed by atoms with Gasteiger partial charge in [0.15, 0.2) is 0 Å². The number of thiophene rings is 1. The van der Waals surface area contributed by atoms with Crippen molar-refractivity contribution in [3.05, 3.63) is 16.0 Å². The van der Waals surface area contributed by atoms with Crippen molar-refractivity contribution in [2.75, 3.05) is 19.0 Å². The van der Waals surface area contributed by atoms with Crippen molar-refractivity contribution in [2.24, 2.45) is 22.2 Å². The van der Waals surface area contributed by atoms with Crippen LogP contribution in [0.25, 0.3) is 0 Å². The largest absolute Gasteiger partial charge is 0.465 e. The Morgan fingerprint density at radius 1 is 1.07 bits per heavy atom. The monoisotopic (exact) mass is 433 g/mol. The Hall–Kier alpha value is -1.89. The van der Waals surface area contributed by atoms with Gasteiger partial charge in [0, 0.05) is 0 Å². The fourth-order valence-electron chi connectivity index (χ4n) is 7.28. The van der Waals surface area contributed by atoms with Gasteiger partial charge in [0.05, 0.1) is 24.7 Å². The SMILES string of the molecule is CCOC(=O)c1sc(NC(=O)C23CC4C[C@](C)(C2)C[C@](C)(C4)C3)c(C(=O)OC)c1C. The minimum Gasteiger partial charge on any atom is -0.465 e. The Morgan fingerprint density at radius 3 is 2.23 bits per heavy atom. The zero-order valence-electron chi connectivity index (χ0n) is 18.5. The normalized spacial score (nSPS) is 34.0. The lowest BCUT2D eigenvalue weighted by atomic mass is 9.40. The molecular weight excluding hydrogens is 402 g/mol. The van der Waals surface area contributed by atoms with Gasteiger partial charge in [0.2, 0.25) is 5.91 Å². The first kappa shape index (κ1) is 21.3. The molecule has 1 amide bonds. The highest BCUT2D eigenvalue weighted by Gasteiger charge is 2.62. The molecule has 1 N–H and O–H groups in total. The maximum Gasteiger partial charge on any atom is 0.348 e. The number of carbonyl (C=O) groups excluding carboxylic acids is 3. The molecule has 164 valence electrons. The topological polar surface area (TPSA) is 81.7 Å². The molecule has 1 aromatic rings. The molecular formula is C23H31NO5S. The van der Waals surface area contributed by atoms with E-state index in [0.717, 1.165) is 30.6 Å². The number of rotatable bonds is 5. The van der Waals surface area contributed by atoms with Gasteiger partial charge < -0.3 is 14.8 Å². The fourth-order valence-corrected chi connectivity index (χ4v) is 8.36. The van der Waals surface area contributed by atoms with Crippen LogP contribution in [0.5, 0.6) is 0 Å². The molecule has 0 saturated heterocycles. The maximum absolute atomic E-state index is 13.7. The molecule has 5 rings (SSSR count). The number of ether oxygens (including phenoxy) is 2. The number of carbonyl (C=O) groups is 3. The Morgan fingerprint density at radius 2 is 1.70 bits per heavy atom. The van der Waals surface area contributed by atoms with E-state index in [1.54, 1.807) is 13.8 Å². The van der Waals surface area contributed by atoms with Crippen LogP contribution in [0.2, 0.25) is 0 Å². The Labute approximate surface area is 181 Å². The summed E-state index contributed by atoms with van der Waals surface area (Å²) in [6.45, 7) is 8.32. The average molecular weight is 434 g/mol. The van der Waals surface area contributed by atoms with Gasteiger partial charge in [-0.3, -0.25) is 4.79 Å². The summed E-state index contributed by atoms with van der Waals surface area (Å²) in [7, 11) is 1.30. The van der Waals surface area contributed by atoms with Gasteiger partial charge in [-0.2, -0.15) is 0 Å². The van der Waals surface area contributed by atoms with E-state index in [9.17, 15) is 14.4 Å². The zero-order valence-corrected chi connectivity index (χ0v) is 19.3. The van der Waals surface area contributed by atoms with Gasteiger partial charge in [0.25, 0.3) is 0 Å². The lowest BCUT2D eigenvalue weighted by Crippen LogP contribution is -2.58. The number of hydrogen-bond acceptors (Lipinski definition) is 6. The molecule has 30 heavy (non-hydrogen) atoms. The second kappa shape index (κ2) is 7.08. The van der Waals surface area contributed by atoms with Gasteiger partial charge in [-0.05, 0) is 74.7 Å². The molecule has 1 heterocycles. The summed E-state index contributed by atoms with van der Waals surface area (Å²) in [5, 5.41) is 3.43. The third kappa shape index (κ3) is 3.35. The van der Waals surface area contributed by atoms with Crippen LogP contribution in [0.3, 0.4) is 0 Å². The first-order valence-corrected chi connectivity index (χ1v) is 11.6. The molecule has 7 heteroatoms. The molecule has 4 aliphatic rings. The first-order chi connectivity index (χ1) is 14.0. The Balaban J connectivity index is 1.67. The molecule has 0 aliphatic heterocycles. The number of nitrogens with one attached hydrogen (secondary N) is 1. The molecule has 4 aliphatic carbocycles. The summed E-state index contributed by atoms with van der Waals surface area (Å²) in [5.41, 5.74) is 0.750. The molecule has 0 aromatic carbocycles. The highest BCUT2D eigenvalue weighted by Crippen LogP contribution is 2.69. The van der Waals surface area contributed by atoms with Crippen molar-refractivity contribution in [1.82, 2.24) is 0 Å². The second-order valence-electron chi connectivity index (χ2n) is 10.3. The summed E-state index contributed by atoms with van der Waals surface area (Å²) in [4.78, 5) is 38.8. The number of esters is 2. The van der Waals surface area contributed by atoms with Crippen molar-refractivity contribution in [3.8, 4) is 0 Å². The quantitative estimate of drug-likeness (QED) is 0.664. The van der Waals surface area contributed by atoms with Crippen molar-refractivity contribution < 1.29 is 23.9 Å². The molecule has 1 aromatic heterocycles. The molecule has 0 spiro atoms. The van der Waals surface area contributed by atoms with Crippen LogP contribution in [-0.4, -0.2) is 31.6 Å². The smallest absolute Gasteiger partial charge is 0.348 e. The van der Waals surface area contributed by atoms with Crippen LogP contribution < -0.4 is 5.32 Å². The van der Waals surface area contributed by atoms with Crippen LogP contribution in [0.15, 0.2) is 0 Å². The van der Waals surface area contributed by atoms with E-state index in [1.807, 2.05) is 0 Å². The van der Waals surface area contributed by atoms with Crippen LogP contribution >= 0.6 is 11.3 Å².